The number of quaternary nitrogens is 1. The van der Waals surface area contributed by atoms with Crippen LogP contribution in [0, 0.1) is 5.41 Å². The van der Waals surface area contributed by atoms with E-state index in [1.165, 1.54) is 6.92 Å². The predicted octanol–water partition coefficient (Wildman–Crippen LogP) is -3.39. The van der Waals surface area contributed by atoms with Gasteiger partial charge in [0.1, 0.15) is 12.6 Å². The fourth-order valence-electron chi connectivity index (χ4n) is 1.50. The molecule has 1 atom stereocenters. The molecule has 1 fully saturated rings. The molecule has 1 rings (SSSR count). The van der Waals surface area contributed by atoms with E-state index < -0.39 is 12.0 Å². The Balaban J connectivity index is -0.000000361. The van der Waals surface area contributed by atoms with Crippen LogP contribution in [0.15, 0.2) is 4.99 Å². The highest BCUT2D eigenvalue weighted by atomic mass is 16.4. The van der Waals surface area contributed by atoms with E-state index in [4.69, 9.17) is 32.8 Å². The number of nitrogens with one attached hydrogen (secondary N) is 2. The molecule has 1 saturated heterocycles. The van der Waals surface area contributed by atoms with Gasteiger partial charge in [0, 0.05) is 20.5 Å². The Morgan fingerprint density at radius 1 is 1.29 bits per heavy atom. The zero-order valence-electron chi connectivity index (χ0n) is 19.1. The summed E-state index contributed by atoms with van der Waals surface area (Å²) < 4.78 is 0.844. The SMILES string of the molecule is CC(N)=O.CN1CC(=O)NC1=N.C[N+](C)(C)CCO.NC(N)=NCCCC(N)C(=O)O. The third-order valence-corrected chi connectivity index (χ3v) is 3.08. The molecule has 0 spiro atoms. The molecule has 1 aliphatic heterocycles. The van der Waals surface area contributed by atoms with Crippen molar-refractivity contribution in [1.29, 1.82) is 5.41 Å². The maximum absolute atomic E-state index is 10.4. The van der Waals surface area contributed by atoms with E-state index in [0.29, 0.717) is 25.9 Å². The third-order valence-electron chi connectivity index (χ3n) is 3.08. The zero-order chi connectivity index (χ0) is 25.2. The smallest absolute Gasteiger partial charge is 0.320 e. The number of aliphatic imine (C=N–C) groups is 1. The van der Waals surface area contributed by atoms with Crippen molar-refractivity contribution >= 4 is 29.7 Å². The molecular weight excluding hydrogens is 410 g/mol. The summed E-state index contributed by atoms with van der Waals surface area (Å²) in [5.74, 6) is -1.23. The molecule has 12 N–H and O–H groups in total. The molecule has 182 valence electrons. The second kappa shape index (κ2) is 17.9. The first kappa shape index (κ1) is 32.7. The number of aliphatic carboxylic acids is 1. The van der Waals surface area contributed by atoms with Gasteiger partial charge in [0.15, 0.2) is 11.9 Å². The average molecular weight is 451 g/mol. The molecule has 1 heterocycles. The monoisotopic (exact) mass is 450 g/mol. The van der Waals surface area contributed by atoms with Crippen molar-refractivity contribution in [1.82, 2.24) is 10.2 Å². The van der Waals surface area contributed by atoms with E-state index in [2.05, 4.69) is 37.2 Å². The molecule has 1 aliphatic rings. The van der Waals surface area contributed by atoms with Gasteiger partial charge in [-0.05, 0) is 12.8 Å². The number of carbonyl (C=O) groups is 3. The van der Waals surface area contributed by atoms with Crippen LogP contribution in [0.5, 0.6) is 0 Å². The third kappa shape index (κ3) is 29.3. The number of aliphatic hydroxyl groups is 1. The van der Waals surface area contributed by atoms with E-state index in [9.17, 15) is 14.4 Å². The number of aliphatic hydroxyl groups excluding tert-OH is 1. The van der Waals surface area contributed by atoms with Crippen molar-refractivity contribution in [2.45, 2.75) is 25.8 Å². The summed E-state index contributed by atoms with van der Waals surface area (Å²) >= 11 is 0. The zero-order valence-corrected chi connectivity index (χ0v) is 19.1. The molecule has 14 nitrogen and oxygen atoms in total. The van der Waals surface area contributed by atoms with Crippen molar-refractivity contribution in [2.75, 3.05) is 54.4 Å². The van der Waals surface area contributed by atoms with Gasteiger partial charge in [-0.15, -0.1) is 0 Å². The van der Waals surface area contributed by atoms with Crippen LogP contribution in [-0.2, 0) is 14.4 Å². The van der Waals surface area contributed by atoms with E-state index >= 15 is 0 Å². The summed E-state index contributed by atoms with van der Waals surface area (Å²) in [6.45, 7) is 3.16. The van der Waals surface area contributed by atoms with Gasteiger partial charge in [0.2, 0.25) is 11.8 Å². The molecule has 14 heteroatoms. The molecule has 0 aromatic heterocycles. The van der Waals surface area contributed by atoms with Crippen LogP contribution in [-0.4, -0.2) is 110 Å². The Bertz CT molecular complexity index is 583. The first-order valence-corrected chi connectivity index (χ1v) is 9.34. The second-order valence-corrected chi connectivity index (χ2v) is 7.49. The summed E-state index contributed by atoms with van der Waals surface area (Å²) in [6.07, 6.45) is 0.956. The second-order valence-electron chi connectivity index (χ2n) is 7.49. The number of guanidine groups is 2. The van der Waals surface area contributed by atoms with Gasteiger partial charge in [-0.25, -0.2) is 0 Å². The Morgan fingerprint density at radius 2 is 1.77 bits per heavy atom. The fraction of sp³-hybridized carbons (Fsp3) is 0.706. The molecule has 0 radical (unpaired) electrons. The van der Waals surface area contributed by atoms with Gasteiger partial charge in [0.25, 0.3) is 0 Å². The molecule has 31 heavy (non-hydrogen) atoms. The predicted molar refractivity (Wildman–Crippen MR) is 119 cm³/mol. The molecule has 0 saturated carbocycles. The van der Waals surface area contributed by atoms with Gasteiger partial charge in [-0.3, -0.25) is 30.1 Å². The summed E-state index contributed by atoms with van der Waals surface area (Å²) in [5, 5.41) is 26.1. The molecular formula is C17H40N9O5+. The number of likely N-dealkylation sites (N-methyl/N-ethyl adjacent to an activating group) is 2. The van der Waals surface area contributed by atoms with Crippen LogP contribution < -0.4 is 28.3 Å². The van der Waals surface area contributed by atoms with Crippen LogP contribution in [0.3, 0.4) is 0 Å². The number of hydrogen-bond donors (Lipinski definition) is 8. The summed E-state index contributed by atoms with van der Waals surface area (Å²) in [7, 11) is 7.85. The minimum atomic E-state index is -1.00. The molecule has 1 unspecified atom stereocenters. The highest BCUT2D eigenvalue weighted by Gasteiger charge is 2.18. The minimum absolute atomic E-state index is 0.0129. The van der Waals surface area contributed by atoms with Crippen molar-refractivity contribution in [3.63, 3.8) is 0 Å². The lowest BCUT2D eigenvalue weighted by atomic mass is 10.2. The van der Waals surface area contributed by atoms with E-state index in [1.54, 1.807) is 11.9 Å². The number of nitrogens with zero attached hydrogens (tertiary/aromatic N) is 3. The normalized spacial score (nSPS) is 13.2. The number of primary amides is 1. The summed E-state index contributed by atoms with van der Waals surface area (Å²) in [6, 6.07) is -0.820. The van der Waals surface area contributed by atoms with Crippen LogP contribution >= 0.6 is 0 Å². The first-order chi connectivity index (χ1) is 14.0. The highest BCUT2D eigenvalue weighted by molar-refractivity contribution is 6.02. The number of amides is 2. The van der Waals surface area contributed by atoms with Gasteiger partial charge in [-0.2, -0.15) is 0 Å². The quantitative estimate of drug-likeness (QED) is 0.0832. The Kier molecular flexibility index (Phi) is 18.8. The molecule has 0 aromatic rings. The van der Waals surface area contributed by atoms with Crippen molar-refractivity contribution in [3.05, 3.63) is 0 Å². The van der Waals surface area contributed by atoms with Gasteiger partial charge in [0.05, 0.1) is 34.3 Å². The van der Waals surface area contributed by atoms with E-state index in [1.807, 2.05) is 0 Å². The molecule has 2 amide bonds. The van der Waals surface area contributed by atoms with Crippen LogP contribution in [0.25, 0.3) is 0 Å². The highest BCUT2D eigenvalue weighted by Crippen LogP contribution is 1.94. The maximum atomic E-state index is 10.4. The number of carboxylic acids is 1. The molecule has 0 aliphatic carbocycles. The molecule has 0 aromatic carbocycles. The Morgan fingerprint density at radius 3 is 1.97 bits per heavy atom. The standard InChI is InChI=1S/C6H14N4O2.C5H14NO.C4H7N3O.C2H5NO/c7-4(5(11)12)2-1-3-10-6(8)9;1-6(2,3)4-5-7;1-7-2-3(8)6-4(7)5;1-2(3)4/h4H,1-3,7H2,(H,11,12)(H4,8,9,10);7H,4-5H2,1-3H3;2H2,1H3,(H2,5,6,8);1H3,(H2,3,4)/q;+1;;. The van der Waals surface area contributed by atoms with Gasteiger partial charge in [-0.1, -0.05) is 0 Å². The molecule has 0 bridgehead atoms. The Hall–Kier alpha value is -2.97. The van der Waals surface area contributed by atoms with Crippen LogP contribution in [0.1, 0.15) is 19.8 Å². The number of hydrogen-bond acceptors (Lipinski definition) is 7. The number of carboxylic acid groups (broad SMARTS) is 1. The topological polar surface area (TPSA) is 247 Å². The fourth-order valence-corrected chi connectivity index (χ4v) is 1.50. The van der Waals surface area contributed by atoms with Crippen molar-refractivity contribution in [2.24, 2.45) is 27.9 Å². The summed E-state index contributed by atoms with van der Waals surface area (Å²) in [5.41, 5.74) is 19.8. The van der Waals surface area contributed by atoms with Crippen molar-refractivity contribution in [3.8, 4) is 0 Å². The van der Waals surface area contributed by atoms with Crippen LogP contribution in [0.2, 0.25) is 0 Å². The average Bonchev–Trinajstić information content (AvgIpc) is 2.86. The van der Waals surface area contributed by atoms with Crippen LogP contribution in [0.4, 0.5) is 0 Å². The van der Waals surface area contributed by atoms with Crippen molar-refractivity contribution < 1.29 is 29.1 Å². The number of rotatable bonds is 7. The van der Waals surface area contributed by atoms with E-state index in [-0.39, 0.29) is 30.3 Å². The van der Waals surface area contributed by atoms with Gasteiger partial charge >= 0.3 is 5.97 Å². The summed E-state index contributed by atoms with van der Waals surface area (Å²) in [4.78, 5) is 35.0. The van der Waals surface area contributed by atoms with E-state index in [0.717, 1.165) is 11.0 Å². The number of carbonyl (C=O) groups excluding carboxylic acids is 2. The first-order valence-electron chi connectivity index (χ1n) is 9.34. The lowest BCUT2D eigenvalue weighted by Crippen LogP contribution is -2.36. The van der Waals surface area contributed by atoms with Gasteiger partial charge < -0.3 is 42.5 Å². The largest absolute Gasteiger partial charge is 0.480 e. The lowest BCUT2D eigenvalue weighted by Gasteiger charge is -2.21. The minimum Gasteiger partial charge on any atom is -0.480 e. The Labute approximate surface area is 183 Å². The number of nitrogens with two attached hydrogens (primary N) is 4. The lowest BCUT2D eigenvalue weighted by molar-refractivity contribution is -0.870. The maximum Gasteiger partial charge on any atom is 0.320 e.